The molecule has 8 unspecified atom stereocenters. The topological polar surface area (TPSA) is 248 Å². The quantitative estimate of drug-likeness (QED) is 0.0588. The van der Waals surface area contributed by atoms with Crippen LogP contribution < -0.4 is 22.3 Å². The number of nitrogens with one attached hydrogen (secondary N) is 2. The van der Waals surface area contributed by atoms with Gasteiger partial charge in [-0.25, -0.2) is 14.2 Å². The summed E-state index contributed by atoms with van der Waals surface area (Å²) in [4.78, 5) is 63.4. The van der Waals surface area contributed by atoms with E-state index in [0.717, 1.165) is 35.3 Å². The van der Waals surface area contributed by atoms with Crippen LogP contribution in [-0.2, 0) is 18.6 Å². The van der Waals surface area contributed by atoms with Crippen LogP contribution in [0.1, 0.15) is 141 Å². The molecule has 2 saturated heterocycles. The van der Waals surface area contributed by atoms with Crippen LogP contribution in [-0.4, -0.2) is 86.9 Å². The number of phosphoric ester groups is 1. The van der Waals surface area contributed by atoms with E-state index in [-0.39, 0.29) is 12.0 Å². The van der Waals surface area contributed by atoms with Crippen LogP contribution in [0.2, 0.25) is 0 Å². The van der Waals surface area contributed by atoms with Crippen molar-refractivity contribution >= 4 is 13.6 Å². The minimum absolute atomic E-state index is 0.163. The molecule has 0 radical (unpaired) electrons. The number of hydrogen-bond donors (Lipinski definition) is 7. The second-order valence-corrected chi connectivity index (χ2v) is 16.4. The number of nitrogens with zero attached hydrogens (tertiary/aromatic N) is 3. The van der Waals surface area contributed by atoms with E-state index in [4.69, 9.17) is 14.0 Å². The first-order valence-electron chi connectivity index (χ1n) is 19.9. The lowest BCUT2D eigenvalue weighted by molar-refractivity contribution is -0.198. The first-order valence-corrected chi connectivity index (χ1v) is 21.5. The fourth-order valence-electron chi connectivity index (χ4n) is 7.62. The molecule has 17 nitrogen and oxygen atoms in total. The van der Waals surface area contributed by atoms with Crippen molar-refractivity contribution in [1.29, 1.82) is 0 Å². The Morgan fingerprint density at radius 2 is 1.44 bits per heavy atom. The number of aromatic nitrogens is 4. The number of phosphoric acid groups is 1. The minimum atomic E-state index is -5.39. The van der Waals surface area contributed by atoms with E-state index in [2.05, 4.69) is 22.2 Å². The summed E-state index contributed by atoms with van der Waals surface area (Å²) in [6, 6.07) is 1.51. The van der Waals surface area contributed by atoms with Crippen LogP contribution in [0.5, 0.6) is 0 Å². The molecule has 0 aliphatic carbocycles. The highest BCUT2D eigenvalue weighted by atomic mass is 31.2. The van der Waals surface area contributed by atoms with Crippen molar-refractivity contribution in [1.82, 2.24) is 19.1 Å². The molecule has 0 spiro atoms. The second-order valence-electron chi connectivity index (χ2n) is 15.2. The zero-order valence-electron chi connectivity index (χ0n) is 32.4. The van der Waals surface area contributed by atoms with Gasteiger partial charge in [-0.05, 0) is 26.3 Å². The molecule has 4 rings (SSSR count). The molecule has 0 amide bonds. The fraction of sp³-hybridized carbons (Fsp3) is 0.784. The van der Waals surface area contributed by atoms with Crippen molar-refractivity contribution in [3.8, 4) is 0 Å². The number of H-pyrrole nitrogens is 1. The van der Waals surface area contributed by atoms with Crippen LogP contribution >= 0.6 is 7.82 Å². The normalized spacial score (nSPS) is 25.3. The number of aryl methyl sites for hydroxylation is 1. The average Bonchev–Trinajstić information content (AvgIpc) is 3.66. The largest absolute Gasteiger partial charge is 0.470 e. The fourth-order valence-corrected chi connectivity index (χ4v) is 8.34. The summed E-state index contributed by atoms with van der Waals surface area (Å²) in [5.74, 6) is 0.308. The Balaban J connectivity index is 1.26. The highest BCUT2D eigenvalue weighted by molar-refractivity contribution is 7.46. The molecule has 4 heterocycles. The van der Waals surface area contributed by atoms with Crippen molar-refractivity contribution in [2.24, 2.45) is 0 Å². The molecule has 7 N–H and O–H groups in total. The van der Waals surface area contributed by atoms with E-state index < -0.39 is 73.3 Å². The number of aliphatic hydroxyl groups excluding tert-OH is 3. The summed E-state index contributed by atoms with van der Waals surface area (Å²) < 4.78 is 31.1. The van der Waals surface area contributed by atoms with Gasteiger partial charge in [0.05, 0.1) is 6.10 Å². The van der Waals surface area contributed by atoms with Gasteiger partial charge < -0.3 is 39.9 Å². The SMILES string of the molecule is CCCCCCCCCCCCCCCCCCNc1ccn(C2OC(C(C)(OP(=O)(O)O)C3OC(n4cc(C)c(=O)[nH]c4=O)CC3O)C(O)C2O)c(=O)n1. The van der Waals surface area contributed by atoms with Gasteiger partial charge in [-0.2, -0.15) is 4.98 Å². The molecule has 0 aromatic carbocycles. The van der Waals surface area contributed by atoms with Gasteiger partial charge in [-0.3, -0.25) is 23.4 Å². The van der Waals surface area contributed by atoms with E-state index in [1.807, 2.05) is 0 Å². The van der Waals surface area contributed by atoms with Gasteiger partial charge in [0.15, 0.2) is 6.23 Å². The molecule has 2 fully saturated rings. The predicted molar refractivity (Wildman–Crippen MR) is 205 cm³/mol. The molecule has 2 aromatic heterocycles. The zero-order valence-corrected chi connectivity index (χ0v) is 33.3. The third kappa shape index (κ3) is 12.6. The summed E-state index contributed by atoms with van der Waals surface area (Å²) in [5.41, 5.74) is -4.49. The van der Waals surface area contributed by atoms with Crippen LogP contribution in [0, 0.1) is 6.92 Å². The molecule has 0 saturated carbocycles. The molecular formula is C37H62N5O12P. The average molecular weight is 800 g/mol. The van der Waals surface area contributed by atoms with Gasteiger partial charge in [0.25, 0.3) is 5.56 Å². The third-order valence-electron chi connectivity index (χ3n) is 10.7. The van der Waals surface area contributed by atoms with Crippen molar-refractivity contribution in [2.45, 2.75) is 179 Å². The first-order chi connectivity index (χ1) is 26.2. The van der Waals surface area contributed by atoms with E-state index in [1.54, 1.807) is 0 Å². The maximum atomic E-state index is 13.1. The highest BCUT2D eigenvalue weighted by Crippen LogP contribution is 2.51. The number of anilines is 1. The minimum Gasteiger partial charge on any atom is -0.390 e. The second kappa shape index (κ2) is 21.1. The van der Waals surface area contributed by atoms with Gasteiger partial charge >= 0.3 is 19.2 Å². The Kier molecular flexibility index (Phi) is 17.3. The number of aromatic amines is 1. The molecular weight excluding hydrogens is 737 g/mol. The Labute approximate surface area is 321 Å². The maximum Gasteiger partial charge on any atom is 0.470 e. The summed E-state index contributed by atoms with van der Waals surface area (Å²) in [6.45, 7) is 5.41. The number of ether oxygens (including phenoxy) is 2. The molecule has 2 aromatic rings. The summed E-state index contributed by atoms with van der Waals surface area (Å²) in [6.07, 6.45) is 11.1. The maximum absolute atomic E-state index is 13.1. The van der Waals surface area contributed by atoms with Gasteiger partial charge in [0.1, 0.15) is 42.1 Å². The Morgan fingerprint density at radius 3 is 1.98 bits per heavy atom. The Hall–Kier alpha value is -2.73. The smallest absolute Gasteiger partial charge is 0.390 e. The first kappa shape index (κ1) is 45.0. The summed E-state index contributed by atoms with van der Waals surface area (Å²) in [5, 5.41) is 36.3. The van der Waals surface area contributed by atoms with E-state index in [1.165, 1.54) is 109 Å². The van der Waals surface area contributed by atoms with Gasteiger partial charge in [0, 0.05) is 30.9 Å². The van der Waals surface area contributed by atoms with Crippen molar-refractivity contribution in [3.05, 3.63) is 55.3 Å². The van der Waals surface area contributed by atoms with E-state index in [0.29, 0.717) is 12.4 Å². The molecule has 55 heavy (non-hydrogen) atoms. The predicted octanol–water partition coefficient (Wildman–Crippen LogP) is 3.91. The summed E-state index contributed by atoms with van der Waals surface area (Å²) in [7, 11) is -5.39. The van der Waals surface area contributed by atoms with Gasteiger partial charge in [0.2, 0.25) is 0 Å². The number of unbranched alkanes of at least 4 members (excludes halogenated alkanes) is 15. The third-order valence-corrected chi connectivity index (χ3v) is 11.3. The van der Waals surface area contributed by atoms with Crippen molar-refractivity contribution in [3.63, 3.8) is 0 Å². The highest BCUT2D eigenvalue weighted by Gasteiger charge is 2.62. The van der Waals surface area contributed by atoms with Crippen LogP contribution in [0.25, 0.3) is 0 Å². The van der Waals surface area contributed by atoms with Crippen LogP contribution in [0.15, 0.2) is 32.8 Å². The van der Waals surface area contributed by atoms with Gasteiger partial charge in [-0.15, -0.1) is 0 Å². The van der Waals surface area contributed by atoms with Crippen molar-refractivity contribution < 1.29 is 43.7 Å². The number of aliphatic hydroxyl groups is 3. The lowest BCUT2D eigenvalue weighted by Gasteiger charge is -2.41. The Bertz CT molecular complexity index is 1710. The van der Waals surface area contributed by atoms with Gasteiger partial charge in [-0.1, -0.05) is 103 Å². The van der Waals surface area contributed by atoms with Crippen molar-refractivity contribution in [2.75, 3.05) is 11.9 Å². The van der Waals surface area contributed by atoms with Crippen LogP contribution in [0.4, 0.5) is 5.82 Å². The molecule has 0 bridgehead atoms. The number of hydrogen-bond acceptors (Lipinski definition) is 12. The molecule has 8 atom stereocenters. The molecule has 2 aliphatic heterocycles. The number of rotatable bonds is 24. The standard InChI is InChI=1S/C37H62N5O12P/c1-4-5-6-7-8-9-10-11-12-13-14-15-16-17-18-19-21-38-27-20-22-41(35(47)39-27)34-30(45)29(44)32(53-34)37(3,54-55(49,50)51)31-26(43)23-28(52-31)42-24-25(2)33(46)40-36(42)48/h20,22,24,26,28-32,34,43-45H,4-19,21,23H2,1-3H3,(H,38,39,47)(H,40,46,48)(H2,49,50,51). The molecule has 2 aliphatic rings. The lowest BCUT2D eigenvalue weighted by Crippen LogP contribution is -2.58. The Morgan fingerprint density at radius 1 is 0.873 bits per heavy atom. The summed E-state index contributed by atoms with van der Waals surface area (Å²) >= 11 is 0. The van der Waals surface area contributed by atoms with E-state index >= 15 is 0 Å². The zero-order chi connectivity index (χ0) is 40.2. The van der Waals surface area contributed by atoms with E-state index in [9.17, 15) is 44.1 Å². The monoisotopic (exact) mass is 799 g/mol. The lowest BCUT2D eigenvalue weighted by atomic mass is 9.86. The molecule has 312 valence electrons. The van der Waals surface area contributed by atoms with Crippen LogP contribution in [0.3, 0.4) is 0 Å². The molecule has 18 heteroatoms.